The van der Waals surface area contributed by atoms with Crippen LogP contribution >= 0.6 is 0 Å². The molecule has 0 spiro atoms. The topological polar surface area (TPSA) is 77.6 Å². The first-order valence-corrected chi connectivity index (χ1v) is 3.90. The Labute approximate surface area is 75.1 Å². The molecule has 0 radical (unpaired) electrons. The number of hydrogen-bond acceptors (Lipinski definition) is 5. The zero-order valence-electron chi connectivity index (χ0n) is 7.44. The van der Waals surface area contributed by atoms with E-state index in [1.54, 1.807) is 0 Å². The van der Waals surface area contributed by atoms with Crippen LogP contribution in [0.2, 0.25) is 0 Å². The fourth-order valence-electron chi connectivity index (χ4n) is 1.06. The lowest BCUT2D eigenvalue weighted by molar-refractivity contribution is 1.06. The van der Waals surface area contributed by atoms with Crippen molar-refractivity contribution < 1.29 is 0 Å². The maximum Gasteiger partial charge on any atom is 0.183 e. The minimum Gasteiger partial charge on any atom is -0.382 e. The third-order valence-corrected chi connectivity index (χ3v) is 1.91. The smallest absolute Gasteiger partial charge is 0.183 e. The van der Waals surface area contributed by atoms with Crippen molar-refractivity contribution in [2.45, 2.75) is 13.8 Å². The highest BCUT2D eigenvalue weighted by atomic mass is 15.0. The Morgan fingerprint density at radius 2 is 1.77 bits per heavy atom. The summed E-state index contributed by atoms with van der Waals surface area (Å²) >= 11 is 0. The molecule has 0 amide bonds. The Morgan fingerprint density at radius 1 is 1.08 bits per heavy atom. The minimum atomic E-state index is 0.376. The van der Waals surface area contributed by atoms with Crippen molar-refractivity contribution in [1.29, 1.82) is 0 Å². The summed E-state index contributed by atoms with van der Waals surface area (Å²) in [4.78, 5) is 16.3. The molecule has 0 bridgehead atoms. The molecule has 0 fully saturated rings. The molecule has 2 aromatic rings. The highest BCUT2D eigenvalue weighted by Crippen LogP contribution is 2.13. The highest BCUT2D eigenvalue weighted by Gasteiger charge is 2.05. The number of nitrogens with zero attached hydrogens (tertiary/aromatic N) is 4. The molecular weight excluding hydrogens is 166 g/mol. The normalized spacial score (nSPS) is 10.6. The Bertz CT molecular complexity index is 465. The third kappa shape index (κ3) is 1.18. The fraction of sp³-hybridized carbons (Fsp3) is 0.250. The molecule has 66 valence electrons. The zero-order chi connectivity index (χ0) is 9.42. The van der Waals surface area contributed by atoms with Gasteiger partial charge in [-0.3, -0.25) is 0 Å². The van der Waals surface area contributed by atoms with Crippen LogP contribution in [0.1, 0.15) is 11.4 Å². The molecule has 0 aliphatic rings. The number of nitrogen functional groups attached to an aromatic ring is 1. The number of anilines is 1. The zero-order valence-corrected chi connectivity index (χ0v) is 7.44. The van der Waals surface area contributed by atoms with E-state index in [9.17, 15) is 0 Å². The number of hydrogen-bond donors (Lipinski definition) is 1. The van der Waals surface area contributed by atoms with Crippen molar-refractivity contribution in [3.63, 3.8) is 0 Å². The van der Waals surface area contributed by atoms with Crippen molar-refractivity contribution in [3.8, 4) is 0 Å². The van der Waals surface area contributed by atoms with Gasteiger partial charge in [-0.15, -0.1) is 0 Å². The molecule has 0 atom stereocenters. The van der Waals surface area contributed by atoms with Gasteiger partial charge in [0.1, 0.15) is 6.33 Å². The maximum absolute atomic E-state index is 5.62. The van der Waals surface area contributed by atoms with Gasteiger partial charge in [-0.05, 0) is 13.8 Å². The molecule has 5 heteroatoms. The standard InChI is InChI=1S/C8H9N5/c1-4-5(2)13-8-6(12-4)7(9)10-3-11-8/h3H,1-2H3,(H2,9,10,11,13). The molecule has 0 saturated heterocycles. The van der Waals surface area contributed by atoms with Crippen LogP contribution in [0.15, 0.2) is 6.33 Å². The number of nitrogens with two attached hydrogens (primary N) is 1. The van der Waals surface area contributed by atoms with E-state index in [0.717, 1.165) is 11.4 Å². The van der Waals surface area contributed by atoms with Gasteiger partial charge in [0.05, 0.1) is 11.4 Å². The molecule has 0 aliphatic carbocycles. The maximum atomic E-state index is 5.62. The van der Waals surface area contributed by atoms with Crippen molar-refractivity contribution >= 4 is 17.0 Å². The predicted octanol–water partition coefficient (Wildman–Crippen LogP) is 0.619. The molecule has 2 N–H and O–H groups in total. The number of fused-ring (bicyclic) bond motifs is 1. The summed E-state index contributed by atoms with van der Waals surface area (Å²) in [5.74, 6) is 0.376. The van der Waals surface area contributed by atoms with E-state index in [-0.39, 0.29) is 0 Å². The van der Waals surface area contributed by atoms with Crippen LogP contribution in [0.3, 0.4) is 0 Å². The van der Waals surface area contributed by atoms with E-state index in [1.165, 1.54) is 6.33 Å². The van der Waals surface area contributed by atoms with E-state index in [1.807, 2.05) is 13.8 Å². The average molecular weight is 175 g/mol. The second-order valence-corrected chi connectivity index (χ2v) is 2.83. The summed E-state index contributed by atoms with van der Waals surface area (Å²) in [7, 11) is 0. The van der Waals surface area contributed by atoms with E-state index in [2.05, 4.69) is 19.9 Å². The molecule has 0 aliphatic heterocycles. The lowest BCUT2D eigenvalue weighted by Gasteiger charge is -2.01. The minimum absolute atomic E-state index is 0.376. The van der Waals surface area contributed by atoms with Crippen molar-refractivity contribution in [2.75, 3.05) is 5.73 Å². The van der Waals surface area contributed by atoms with Crippen LogP contribution in [-0.4, -0.2) is 19.9 Å². The molecule has 5 nitrogen and oxygen atoms in total. The predicted molar refractivity (Wildman–Crippen MR) is 49.0 cm³/mol. The van der Waals surface area contributed by atoms with Gasteiger partial charge < -0.3 is 5.73 Å². The largest absolute Gasteiger partial charge is 0.382 e. The fourth-order valence-corrected chi connectivity index (χ4v) is 1.06. The van der Waals surface area contributed by atoms with E-state index in [4.69, 9.17) is 5.73 Å². The third-order valence-electron chi connectivity index (χ3n) is 1.91. The van der Waals surface area contributed by atoms with Crippen LogP contribution in [0.25, 0.3) is 11.2 Å². The first-order chi connectivity index (χ1) is 6.18. The second kappa shape index (κ2) is 2.62. The molecule has 2 aromatic heterocycles. The second-order valence-electron chi connectivity index (χ2n) is 2.83. The molecule has 13 heavy (non-hydrogen) atoms. The quantitative estimate of drug-likeness (QED) is 0.635. The van der Waals surface area contributed by atoms with Crippen LogP contribution < -0.4 is 5.73 Å². The summed E-state index contributed by atoms with van der Waals surface area (Å²) < 4.78 is 0. The van der Waals surface area contributed by atoms with Crippen molar-refractivity contribution in [2.24, 2.45) is 0 Å². The van der Waals surface area contributed by atoms with Crippen LogP contribution in [-0.2, 0) is 0 Å². The van der Waals surface area contributed by atoms with Crippen molar-refractivity contribution in [1.82, 2.24) is 19.9 Å². The molecule has 2 heterocycles. The summed E-state index contributed by atoms with van der Waals surface area (Å²) in [5.41, 5.74) is 8.47. The van der Waals surface area contributed by atoms with Gasteiger partial charge in [0.2, 0.25) is 0 Å². The Kier molecular flexibility index (Phi) is 1.58. The lowest BCUT2D eigenvalue weighted by Crippen LogP contribution is -2.00. The van der Waals surface area contributed by atoms with Gasteiger partial charge in [0.25, 0.3) is 0 Å². The van der Waals surface area contributed by atoms with Gasteiger partial charge >= 0.3 is 0 Å². The van der Waals surface area contributed by atoms with Crippen LogP contribution in [0.4, 0.5) is 5.82 Å². The summed E-state index contributed by atoms with van der Waals surface area (Å²) in [6.45, 7) is 3.77. The molecule has 0 saturated carbocycles. The first-order valence-electron chi connectivity index (χ1n) is 3.90. The van der Waals surface area contributed by atoms with Gasteiger partial charge in [0, 0.05) is 0 Å². The van der Waals surface area contributed by atoms with Crippen LogP contribution in [0, 0.1) is 13.8 Å². The molecule has 0 unspecified atom stereocenters. The van der Waals surface area contributed by atoms with Gasteiger partial charge in [0.15, 0.2) is 17.0 Å². The molecular formula is C8H9N5. The van der Waals surface area contributed by atoms with E-state index in [0.29, 0.717) is 17.0 Å². The SMILES string of the molecule is Cc1nc2ncnc(N)c2nc1C. The first kappa shape index (κ1) is 7.85. The monoisotopic (exact) mass is 175 g/mol. The Balaban J connectivity index is 2.89. The summed E-state index contributed by atoms with van der Waals surface area (Å²) in [6.07, 6.45) is 1.39. The Hall–Kier alpha value is -1.78. The summed E-state index contributed by atoms with van der Waals surface area (Å²) in [6, 6.07) is 0. The number of aryl methyl sites for hydroxylation is 2. The van der Waals surface area contributed by atoms with Gasteiger partial charge in [-0.2, -0.15) is 0 Å². The number of aromatic nitrogens is 4. The van der Waals surface area contributed by atoms with Crippen molar-refractivity contribution in [3.05, 3.63) is 17.7 Å². The average Bonchev–Trinajstić information content (AvgIpc) is 2.09. The van der Waals surface area contributed by atoms with E-state index < -0.39 is 0 Å². The van der Waals surface area contributed by atoms with Gasteiger partial charge in [-0.25, -0.2) is 19.9 Å². The lowest BCUT2D eigenvalue weighted by atomic mass is 10.3. The Morgan fingerprint density at radius 3 is 2.54 bits per heavy atom. The van der Waals surface area contributed by atoms with Gasteiger partial charge in [-0.1, -0.05) is 0 Å². The molecule has 0 aromatic carbocycles. The summed E-state index contributed by atoms with van der Waals surface area (Å²) in [5, 5.41) is 0. The van der Waals surface area contributed by atoms with E-state index >= 15 is 0 Å². The number of rotatable bonds is 0. The van der Waals surface area contributed by atoms with Crippen LogP contribution in [0.5, 0.6) is 0 Å². The highest BCUT2D eigenvalue weighted by molar-refractivity contribution is 5.80. The molecule has 2 rings (SSSR count).